The summed E-state index contributed by atoms with van der Waals surface area (Å²) < 4.78 is 39.3. The summed E-state index contributed by atoms with van der Waals surface area (Å²) in [4.78, 5) is 0. The van der Waals surface area contributed by atoms with Crippen LogP contribution in [0.25, 0.3) is 0 Å². The van der Waals surface area contributed by atoms with E-state index in [2.05, 4.69) is 37.2 Å². The van der Waals surface area contributed by atoms with Crippen LogP contribution in [0.2, 0.25) is 0 Å². The summed E-state index contributed by atoms with van der Waals surface area (Å²) >= 11 is 6.45. The van der Waals surface area contributed by atoms with Crippen LogP contribution < -0.4 is 5.32 Å². The molecular weight excluding hydrogens is 413 g/mol. The summed E-state index contributed by atoms with van der Waals surface area (Å²) in [5, 5.41) is 11.8. The molecule has 0 unspecified atom stereocenters. The maximum absolute atomic E-state index is 12.7. The van der Waals surface area contributed by atoms with Crippen LogP contribution in [0.1, 0.15) is 11.1 Å². The van der Waals surface area contributed by atoms with Gasteiger partial charge >= 0.3 is 6.18 Å². The Kier molecular flexibility index (Phi) is 4.59. The Labute approximate surface area is 135 Å². The maximum atomic E-state index is 12.7. The maximum Gasteiger partial charge on any atom is 0.416 e. The lowest BCUT2D eigenvalue weighted by Gasteiger charge is -2.13. The van der Waals surface area contributed by atoms with Gasteiger partial charge in [0.25, 0.3) is 0 Å². The summed E-state index contributed by atoms with van der Waals surface area (Å²) in [6.07, 6.45) is -4.41. The number of hydrogen-bond donors (Lipinski definition) is 1. The van der Waals surface area contributed by atoms with Gasteiger partial charge in [-0.1, -0.05) is 15.9 Å². The fraction of sp³-hybridized carbons (Fsp3) is 0.0714. The lowest BCUT2D eigenvalue weighted by Crippen LogP contribution is -2.05. The molecule has 2 aromatic rings. The first-order chi connectivity index (χ1) is 9.79. The Balaban J connectivity index is 2.40. The van der Waals surface area contributed by atoms with Gasteiger partial charge in [0.2, 0.25) is 0 Å². The van der Waals surface area contributed by atoms with Gasteiger partial charge in [-0.15, -0.1) is 0 Å². The number of anilines is 2. The first kappa shape index (κ1) is 15.9. The number of nitrogens with one attached hydrogen (secondary N) is 1. The van der Waals surface area contributed by atoms with Crippen molar-refractivity contribution in [3.8, 4) is 6.07 Å². The van der Waals surface area contributed by atoms with Crippen LogP contribution in [0.5, 0.6) is 0 Å². The van der Waals surface area contributed by atoms with Crippen LogP contribution in [0.4, 0.5) is 24.5 Å². The van der Waals surface area contributed by atoms with Crippen molar-refractivity contribution in [2.24, 2.45) is 0 Å². The fourth-order valence-electron chi connectivity index (χ4n) is 1.68. The Morgan fingerprint density at radius 2 is 1.76 bits per heavy atom. The predicted molar refractivity (Wildman–Crippen MR) is 81.3 cm³/mol. The van der Waals surface area contributed by atoms with Crippen LogP contribution in [-0.4, -0.2) is 0 Å². The molecule has 2 nitrogen and oxygen atoms in total. The number of hydrogen-bond acceptors (Lipinski definition) is 2. The monoisotopic (exact) mass is 418 g/mol. The molecule has 7 heteroatoms. The molecule has 108 valence electrons. The van der Waals surface area contributed by atoms with Crippen LogP contribution in [0.3, 0.4) is 0 Å². The highest BCUT2D eigenvalue weighted by Gasteiger charge is 2.30. The molecule has 0 fully saturated rings. The lowest BCUT2D eigenvalue weighted by molar-refractivity contribution is -0.137. The van der Waals surface area contributed by atoms with Crippen LogP contribution in [0.15, 0.2) is 45.3 Å². The van der Waals surface area contributed by atoms with E-state index < -0.39 is 11.7 Å². The minimum Gasteiger partial charge on any atom is -0.355 e. The third kappa shape index (κ3) is 3.99. The molecule has 0 aliphatic heterocycles. The number of alkyl halides is 3. The van der Waals surface area contributed by atoms with Crippen molar-refractivity contribution in [1.82, 2.24) is 0 Å². The van der Waals surface area contributed by atoms with Gasteiger partial charge in [0.15, 0.2) is 0 Å². The molecular formula is C14H7Br2F3N2. The molecule has 2 aromatic carbocycles. The number of nitrogens with zero attached hydrogens (tertiary/aromatic N) is 1. The molecule has 0 atom stereocenters. The minimum absolute atomic E-state index is 0.270. The van der Waals surface area contributed by atoms with Crippen LogP contribution in [-0.2, 0) is 6.18 Å². The van der Waals surface area contributed by atoms with Gasteiger partial charge in [0.1, 0.15) is 0 Å². The smallest absolute Gasteiger partial charge is 0.355 e. The SMILES string of the molecule is N#Cc1cc(Br)cc(Nc2cc(C(F)(F)F)ccc2Br)c1. The minimum atomic E-state index is -4.41. The fourth-order valence-corrected chi connectivity index (χ4v) is 2.52. The van der Waals surface area contributed by atoms with Crippen molar-refractivity contribution < 1.29 is 13.2 Å². The zero-order valence-electron chi connectivity index (χ0n) is 10.3. The van der Waals surface area contributed by atoms with Gasteiger partial charge < -0.3 is 5.32 Å². The summed E-state index contributed by atoms with van der Waals surface area (Å²) in [7, 11) is 0. The van der Waals surface area contributed by atoms with E-state index in [1.54, 1.807) is 18.2 Å². The van der Waals surface area contributed by atoms with Crippen molar-refractivity contribution in [3.63, 3.8) is 0 Å². The Morgan fingerprint density at radius 3 is 2.38 bits per heavy atom. The van der Waals surface area contributed by atoms with Crippen molar-refractivity contribution in [2.75, 3.05) is 5.32 Å². The Hall–Kier alpha value is -1.52. The highest BCUT2D eigenvalue weighted by Crippen LogP contribution is 2.35. The zero-order chi connectivity index (χ0) is 15.6. The van der Waals surface area contributed by atoms with Crippen LogP contribution in [0, 0.1) is 11.3 Å². The van der Waals surface area contributed by atoms with Gasteiger partial charge in [-0.2, -0.15) is 18.4 Å². The summed E-state index contributed by atoms with van der Waals surface area (Å²) in [6.45, 7) is 0. The third-order valence-corrected chi connectivity index (χ3v) is 3.75. The molecule has 0 saturated carbocycles. The average molecular weight is 420 g/mol. The van der Waals surface area contributed by atoms with E-state index in [-0.39, 0.29) is 5.69 Å². The van der Waals surface area contributed by atoms with Crippen molar-refractivity contribution in [2.45, 2.75) is 6.18 Å². The van der Waals surface area contributed by atoms with E-state index in [9.17, 15) is 13.2 Å². The second-order valence-corrected chi connectivity index (χ2v) is 5.93. The molecule has 0 amide bonds. The second kappa shape index (κ2) is 6.08. The van der Waals surface area contributed by atoms with Gasteiger partial charge in [-0.3, -0.25) is 0 Å². The average Bonchev–Trinajstić information content (AvgIpc) is 2.39. The lowest BCUT2D eigenvalue weighted by atomic mass is 10.1. The molecule has 21 heavy (non-hydrogen) atoms. The van der Waals surface area contributed by atoms with E-state index in [0.717, 1.165) is 12.1 Å². The van der Waals surface area contributed by atoms with E-state index in [1.165, 1.54) is 6.07 Å². The number of nitriles is 1. The normalized spacial score (nSPS) is 11.0. The summed E-state index contributed by atoms with van der Waals surface area (Å²) in [6, 6.07) is 10.2. The van der Waals surface area contributed by atoms with Crippen molar-refractivity contribution in [3.05, 3.63) is 56.5 Å². The quantitative estimate of drug-likeness (QED) is 0.663. The number of rotatable bonds is 2. The second-order valence-electron chi connectivity index (χ2n) is 4.16. The van der Waals surface area contributed by atoms with Gasteiger partial charge in [-0.05, 0) is 52.3 Å². The van der Waals surface area contributed by atoms with Gasteiger partial charge in [-0.25, -0.2) is 0 Å². The molecule has 0 aliphatic rings. The Bertz CT molecular complexity index is 721. The number of benzene rings is 2. The first-order valence-corrected chi connectivity index (χ1v) is 7.22. The number of halogens is 5. The van der Waals surface area contributed by atoms with E-state index in [0.29, 0.717) is 20.2 Å². The summed E-state index contributed by atoms with van der Waals surface area (Å²) in [5.74, 6) is 0. The highest BCUT2D eigenvalue weighted by molar-refractivity contribution is 9.10. The Morgan fingerprint density at radius 1 is 1.05 bits per heavy atom. The van der Waals surface area contributed by atoms with E-state index in [1.807, 2.05) is 6.07 Å². The van der Waals surface area contributed by atoms with Gasteiger partial charge in [0, 0.05) is 14.6 Å². The standard InChI is InChI=1S/C14H7Br2F3N2/c15-10-3-8(7-20)4-11(6-10)21-13-5-9(14(17,18)19)1-2-12(13)16/h1-6,21H. The van der Waals surface area contributed by atoms with Crippen LogP contribution >= 0.6 is 31.9 Å². The molecule has 0 radical (unpaired) electrons. The first-order valence-electron chi connectivity index (χ1n) is 5.64. The third-order valence-electron chi connectivity index (χ3n) is 2.60. The van der Waals surface area contributed by atoms with Crippen molar-refractivity contribution >= 4 is 43.2 Å². The zero-order valence-corrected chi connectivity index (χ0v) is 13.5. The molecule has 2 rings (SSSR count). The molecule has 0 bridgehead atoms. The molecule has 0 aromatic heterocycles. The molecule has 0 saturated heterocycles. The molecule has 0 aliphatic carbocycles. The largest absolute Gasteiger partial charge is 0.416 e. The van der Waals surface area contributed by atoms with E-state index in [4.69, 9.17) is 5.26 Å². The molecule has 0 spiro atoms. The van der Waals surface area contributed by atoms with Gasteiger partial charge in [0.05, 0.1) is 22.9 Å². The predicted octanol–water partition coefficient (Wildman–Crippen LogP) is 5.85. The topological polar surface area (TPSA) is 35.8 Å². The highest BCUT2D eigenvalue weighted by atomic mass is 79.9. The van der Waals surface area contributed by atoms with E-state index >= 15 is 0 Å². The van der Waals surface area contributed by atoms with Crippen molar-refractivity contribution in [1.29, 1.82) is 5.26 Å². The molecule has 1 N–H and O–H groups in total. The summed E-state index contributed by atoms with van der Waals surface area (Å²) in [5.41, 5.74) is 0.437. The molecule has 0 heterocycles.